The first kappa shape index (κ1) is 19.2. The average molecular weight is 418 g/mol. The van der Waals surface area contributed by atoms with Gasteiger partial charge in [-0.3, -0.25) is 0 Å². The van der Waals surface area contributed by atoms with E-state index in [-0.39, 0.29) is 12.6 Å². The van der Waals surface area contributed by atoms with Crippen molar-refractivity contribution in [2.75, 3.05) is 12.3 Å². The number of rotatable bonds is 6. The molecule has 0 saturated carbocycles. The van der Waals surface area contributed by atoms with E-state index in [1.807, 2.05) is 36.4 Å². The summed E-state index contributed by atoms with van der Waals surface area (Å²) in [5.41, 5.74) is 7.47. The van der Waals surface area contributed by atoms with Crippen molar-refractivity contribution in [2.24, 2.45) is 0 Å². The number of nitrogen functional groups attached to an aromatic ring is 1. The van der Waals surface area contributed by atoms with Crippen molar-refractivity contribution in [2.45, 2.75) is 10.9 Å². The predicted octanol–water partition coefficient (Wildman–Crippen LogP) is 4.62. The lowest BCUT2D eigenvalue weighted by Crippen LogP contribution is -2.03. The molecule has 0 amide bonds. The smallest absolute Gasteiger partial charge is 0.224 e. The molecule has 0 spiro atoms. The van der Waals surface area contributed by atoms with Gasteiger partial charge in [-0.2, -0.15) is 15.2 Å². The molecule has 0 aliphatic heterocycles. The molecule has 136 valence electrons. The van der Waals surface area contributed by atoms with Crippen molar-refractivity contribution in [3.05, 3.63) is 58.1 Å². The number of nitrogens with two attached hydrogens (primary N) is 1. The lowest BCUT2D eigenvalue weighted by atomic mass is 10.2. The van der Waals surface area contributed by atoms with Crippen LogP contribution >= 0.6 is 35.0 Å². The summed E-state index contributed by atoms with van der Waals surface area (Å²) >= 11 is 13.8. The SMILES string of the molecule is N#CCOc1cc(-c2nc(N)nc(SCc3ccccc3)n2)c(Cl)cc1Cl. The van der Waals surface area contributed by atoms with E-state index in [9.17, 15) is 0 Å². The largest absolute Gasteiger partial charge is 0.477 e. The Kier molecular flexibility index (Phi) is 6.35. The van der Waals surface area contributed by atoms with Crippen LogP contribution in [0.3, 0.4) is 0 Å². The Bertz CT molecular complexity index is 995. The van der Waals surface area contributed by atoms with Crippen molar-refractivity contribution >= 4 is 40.9 Å². The van der Waals surface area contributed by atoms with Crippen molar-refractivity contribution in [3.8, 4) is 23.2 Å². The highest BCUT2D eigenvalue weighted by atomic mass is 35.5. The van der Waals surface area contributed by atoms with Crippen molar-refractivity contribution in [3.63, 3.8) is 0 Å². The van der Waals surface area contributed by atoms with Crippen molar-refractivity contribution in [1.29, 1.82) is 5.26 Å². The molecule has 0 radical (unpaired) electrons. The molecule has 0 aliphatic carbocycles. The van der Waals surface area contributed by atoms with Gasteiger partial charge in [0.2, 0.25) is 5.95 Å². The molecule has 0 bridgehead atoms. The van der Waals surface area contributed by atoms with Gasteiger partial charge in [0.05, 0.1) is 10.0 Å². The second-order valence-electron chi connectivity index (χ2n) is 5.28. The highest BCUT2D eigenvalue weighted by Crippen LogP contribution is 2.36. The van der Waals surface area contributed by atoms with Crippen LogP contribution in [-0.4, -0.2) is 21.6 Å². The van der Waals surface area contributed by atoms with Crippen LogP contribution in [0.1, 0.15) is 5.56 Å². The summed E-state index contributed by atoms with van der Waals surface area (Å²) in [7, 11) is 0. The van der Waals surface area contributed by atoms with E-state index in [2.05, 4.69) is 15.0 Å². The van der Waals surface area contributed by atoms with Crippen molar-refractivity contribution in [1.82, 2.24) is 15.0 Å². The molecule has 3 rings (SSSR count). The Morgan fingerprint density at radius 3 is 2.59 bits per heavy atom. The number of ether oxygens (including phenoxy) is 1. The van der Waals surface area contributed by atoms with Gasteiger partial charge in [0.1, 0.15) is 11.8 Å². The van der Waals surface area contributed by atoms with Crippen LogP contribution in [-0.2, 0) is 5.75 Å². The maximum absolute atomic E-state index is 8.69. The number of hydrogen-bond donors (Lipinski definition) is 1. The lowest BCUT2D eigenvalue weighted by Gasteiger charge is -2.10. The summed E-state index contributed by atoms with van der Waals surface area (Å²) < 4.78 is 5.31. The molecular formula is C18H13Cl2N5OS. The second kappa shape index (κ2) is 8.91. The molecule has 6 nitrogen and oxygen atoms in total. The zero-order valence-corrected chi connectivity index (χ0v) is 16.2. The quantitative estimate of drug-likeness (QED) is 0.583. The Balaban J connectivity index is 1.90. The molecule has 9 heteroatoms. The minimum absolute atomic E-state index is 0.0843. The summed E-state index contributed by atoms with van der Waals surface area (Å²) in [6, 6.07) is 14.9. The number of benzene rings is 2. The molecule has 1 aromatic heterocycles. The molecule has 1 heterocycles. The molecule has 27 heavy (non-hydrogen) atoms. The van der Waals surface area contributed by atoms with Gasteiger partial charge in [0.25, 0.3) is 0 Å². The number of thioether (sulfide) groups is 1. The van der Waals surface area contributed by atoms with Gasteiger partial charge in [-0.1, -0.05) is 65.3 Å². The number of hydrogen-bond acceptors (Lipinski definition) is 7. The number of halogens is 2. The molecule has 2 aromatic carbocycles. The van der Waals surface area contributed by atoms with Crippen LogP contribution in [0, 0.1) is 11.3 Å². The summed E-state index contributed by atoms with van der Waals surface area (Å²) in [6.45, 7) is -0.141. The van der Waals surface area contributed by atoms with Gasteiger partial charge in [-0.15, -0.1) is 0 Å². The zero-order chi connectivity index (χ0) is 19.2. The standard InChI is InChI=1S/C18H13Cl2N5OS/c19-13-9-14(20)15(26-7-6-21)8-12(13)16-23-17(22)25-18(24-16)27-10-11-4-2-1-3-5-11/h1-5,8-9H,7,10H2,(H2,22,23,24,25). The first-order valence-corrected chi connectivity index (χ1v) is 9.48. The lowest BCUT2D eigenvalue weighted by molar-refractivity contribution is 0.368. The van der Waals surface area contributed by atoms with E-state index in [1.54, 1.807) is 6.07 Å². The molecule has 0 unspecified atom stereocenters. The van der Waals surface area contributed by atoms with E-state index in [0.29, 0.717) is 38.1 Å². The molecule has 0 fully saturated rings. The van der Waals surface area contributed by atoms with Crippen LogP contribution < -0.4 is 10.5 Å². The first-order chi connectivity index (χ1) is 13.1. The second-order valence-corrected chi connectivity index (χ2v) is 7.04. The summed E-state index contributed by atoms with van der Waals surface area (Å²) in [5, 5.41) is 9.80. The first-order valence-electron chi connectivity index (χ1n) is 7.74. The molecule has 0 saturated heterocycles. The third kappa shape index (κ3) is 5.01. The number of nitriles is 1. The zero-order valence-electron chi connectivity index (χ0n) is 13.9. The molecule has 0 aliphatic rings. The predicted molar refractivity (Wildman–Crippen MR) is 107 cm³/mol. The van der Waals surface area contributed by atoms with E-state index in [1.165, 1.54) is 17.8 Å². The van der Waals surface area contributed by atoms with Gasteiger partial charge < -0.3 is 10.5 Å². The van der Waals surface area contributed by atoms with E-state index < -0.39 is 0 Å². The highest BCUT2D eigenvalue weighted by Gasteiger charge is 2.15. The van der Waals surface area contributed by atoms with Gasteiger partial charge >= 0.3 is 0 Å². The van der Waals surface area contributed by atoms with Gasteiger partial charge in [0, 0.05) is 11.3 Å². The molecule has 0 atom stereocenters. The highest BCUT2D eigenvalue weighted by molar-refractivity contribution is 7.98. The van der Waals surface area contributed by atoms with E-state index >= 15 is 0 Å². The van der Waals surface area contributed by atoms with Crippen LogP contribution in [0.4, 0.5) is 5.95 Å². The van der Waals surface area contributed by atoms with Crippen LogP contribution in [0.2, 0.25) is 10.0 Å². The molecule has 3 aromatic rings. The van der Waals surface area contributed by atoms with Crippen molar-refractivity contribution < 1.29 is 4.74 Å². The fourth-order valence-corrected chi connectivity index (χ4v) is 3.52. The molecule has 2 N–H and O–H groups in total. The van der Waals surface area contributed by atoms with Crippen LogP contribution in [0.25, 0.3) is 11.4 Å². The van der Waals surface area contributed by atoms with Gasteiger partial charge in [0.15, 0.2) is 17.6 Å². The Morgan fingerprint density at radius 2 is 1.85 bits per heavy atom. The maximum atomic E-state index is 8.69. The number of anilines is 1. The fraction of sp³-hybridized carbons (Fsp3) is 0.111. The van der Waals surface area contributed by atoms with Gasteiger partial charge in [-0.05, 0) is 17.7 Å². The third-order valence-electron chi connectivity index (χ3n) is 3.40. The normalized spacial score (nSPS) is 10.4. The fourth-order valence-electron chi connectivity index (χ4n) is 2.20. The number of nitrogens with zero attached hydrogens (tertiary/aromatic N) is 4. The minimum Gasteiger partial charge on any atom is -0.477 e. The van der Waals surface area contributed by atoms with E-state index in [4.69, 9.17) is 38.9 Å². The minimum atomic E-state index is -0.141. The number of aromatic nitrogens is 3. The summed E-state index contributed by atoms with van der Waals surface area (Å²) in [5.74, 6) is 1.40. The Labute approximate surface area is 170 Å². The monoisotopic (exact) mass is 417 g/mol. The van der Waals surface area contributed by atoms with E-state index in [0.717, 1.165) is 5.56 Å². The Morgan fingerprint density at radius 1 is 1.07 bits per heavy atom. The molecular weight excluding hydrogens is 405 g/mol. The van der Waals surface area contributed by atoms with Crippen LogP contribution in [0.5, 0.6) is 5.75 Å². The average Bonchev–Trinajstić information content (AvgIpc) is 2.66. The summed E-state index contributed by atoms with van der Waals surface area (Å²) in [4.78, 5) is 12.8. The van der Waals surface area contributed by atoms with Crippen LogP contribution in [0.15, 0.2) is 47.6 Å². The topological polar surface area (TPSA) is 97.7 Å². The Hall–Kier alpha value is -2.53. The van der Waals surface area contributed by atoms with Gasteiger partial charge in [-0.25, -0.2) is 4.98 Å². The third-order valence-corrected chi connectivity index (χ3v) is 4.92. The maximum Gasteiger partial charge on any atom is 0.224 e. The summed E-state index contributed by atoms with van der Waals surface area (Å²) in [6.07, 6.45) is 0.